The van der Waals surface area contributed by atoms with Gasteiger partial charge in [0.2, 0.25) is 0 Å². The zero-order valence-corrected chi connectivity index (χ0v) is 8.60. The van der Waals surface area contributed by atoms with Gasteiger partial charge < -0.3 is 9.40 Å². The van der Waals surface area contributed by atoms with Crippen molar-refractivity contribution in [2.75, 3.05) is 0 Å². The number of aryl methyl sites for hydroxylation is 1. The van der Waals surface area contributed by atoms with E-state index < -0.39 is 0 Å². The van der Waals surface area contributed by atoms with E-state index in [0.717, 1.165) is 5.76 Å². The van der Waals surface area contributed by atoms with Crippen molar-refractivity contribution in [2.45, 2.75) is 6.92 Å². The van der Waals surface area contributed by atoms with Crippen LogP contribution in [0.25, 0.3) is 10.9 Å². The van der Waals surface area contributed by atoms with Crippen molar-refractivity contribution in [3.8, 4) is 0 Å². The molecule has 0 radical (unpaired) electrons. The molecule has 2 heterocycles. The second-order valence-electron chi connectivity index (χ2n) is 3.29. The van der Waals surface area contributed by atoms with Gasteiger partial charge in [-0.15, -0.1) is 0 Å². The zero-order chi connectivity index (χ0) is 10.5. The number of aromatic amines is 1. The fourth-order valence-corrected chi connectivity index (χ4v) is 1.36. The van der Waals surface area contributed by atoms with Crippen LogP contribution in [0.4, 0.5) is 0 Å². The molecule has 0 atom stereocenters. The minimum Gasteiger partial charge on any atom is -0.470 e. The number of nitrogens with one attached hydrogen (secondary N) is 1. The molecule has 3 aromatic rings. The fourth-order valence-electron chi connectivity index (χ4n) is 1.36. The molecule has 2 heteroatoms. The predicted molar refractivity (Wildman–Crippen MR) is 61.7 cm³/mol. The number of rotatable bonds is 0. The summed E-state index contributed by atoms with van der Waals surface area (Å²) in [5, 5.41) is 1.28. The maximum Gasteiger partial charge on any atom is 0.100 e. The lowest BCUT2D eigenvalue weighted by Crippen LogP contribution is -1.61. The zero-order valence-electron chi connectivity index (χ0n) is 8.60. The van der Waals surface area contributed by atoms with E-state index in [0.29, 0.717) is 0 Å². The van der Waals surface area contributed by atoms with Gasteiger partial charge >= 0.3 is 0 Å². The van der Waals surface area contributed by atoms with Gasteiger partial charge in [-0.05, 0) is 36.6 Å². The summed E-state index contributed by atoms with van der Waals surface area (Å²) in [6, 6.07) is 14.1. The first kappa shape index (κ1) is 9.59. The van der Waals surface area contributed by atoms with E-state index in [1.54, 1.807) is 6.26 Å². The van der Waals surface area contributed by atoms with Crippen molar-refractivity contribution < 1.29 is 4.42 Å². The number of fused-ring (bicyclic) bond motifs is 1. The van der Waals surface area contributed by atoms with Gasteiger partial charge in [0.05, 0.1) is 6.26 Å². The highest BCUT2D eigenvalue weighted by Gasteiger charge is 1.86. The molecule has 0 aliphatic rings. The number of hydrogen-bond donors (Lipinski definition) is 1. The summed E-state index contributed by atoms with van der Waals surface area (Å²) in [5.41, 5.74) is 1.21. The maximum atomic E-state index is 4.83. The number of benzene rings is 1. The van der Waals surface area contributed by atoms with Crippen LogP contribution in [0, 0.1) is 6.92 Å². The van der Waals surface area contributed by atoms with Gasteiger partial charge in [-0.2, -0.15) is 0 Å². The van der Waals surface area contributed by atoms with E-state index in [9.17, 15) is 0 Å². The number of hydrogen-bond acceptors (Lipinski definition) is 1. The smallest absolute Gasteiger partial charge is 0.100 e. The molecule has 0 aliphatic heterocycles. The molecule has 3 rings (SSSR count). The van der Waals surface area contributed by atoms with Crippen LogP contribution >= 0.6 is 0 Å². The van der Waals surface area contributed by atoms with E-state index in [1.807, 2.05) is 37.4 Å². The molecule has 0 bridgehead atoms. The van der Waals surface area contributed by atoms with Crippen LogP contribution in [0.15, 0.2) is 59.3 Å². The first-order chi connectivity index (χ1) is 7.36. The molecule has 1 aromatic carbocycles. The molecule has 0 unspecified atom stereocenters. The summed E-state index contributed by atoms with van der Waals surface area (Å²) in [4.78, 5) is 3.12. The quantitative estimate of drug-likeness (QED) is 0.586. The average molecular weight is 199 g/mol. The molecule has 0 saturated carbocycles. The van der Waals surface area contributed by atoms with Gasteiger partial charge in [0.1, 0.15) is 5.76 Å². The molecule has 2 nitrogen and oxygen atoms in total. The molecular formula is C13H13NO. The van der Waals surface area contributed by atoms with Crippen LogP contribution in [-0.4, -0.2) is 4.98 Å². The maximum absolute atomic E-state index is 4.83. The van der Waals surface area contributed by atoms with Crippen LogP contribution in [0.1, 0.15) is 5.76 Å². The van der Waals surface area contributed by atoms with Crippen LogP contribution in [0.5, 0.6) is 0 Å². The first-order valence-corrected chi connectivity index (χ1v) is 4.88. The summed E-state index contributed by atoms with van der Waals surface area (Å²) < 4.78 is 4.83. The predicted octanol–water partition coefficient (Wildman–Crippen LogP) is 3.76. The molecule has 0 spiro atoms. The Balaban J connectivity index is 0.000000124. The van der Waals surface area contributed by atoms with Crippen molar-refractivity contribution in [3.05, 3.63) is 60.7 Å². The Kier molecular flexibility index (Phi) is 2.88. The van der Waals surface area contributed by atoms with Crippen molar-refractivity contribution in [1.29, 1.82) is 0 Å². The molecule has 76 valence electrons. The third-order valence-electron chi connectivity index (χ3n) is 2.13. The molecule has 15 heavy (non-hydrogen) atoms. The second-order valence-corrected chi connectivity index (χ2v) is 3.29. The van der Waals surface area contributed by atoms with E-state index in [4.69, 9.17) is 4.42 Å². The van der Waals surface area contributed by atoms with E-state index in [-0.39, 0.29) is 0 Å². The van der Waals surface area contributed by atoms with Gasteiger partial charge in [0, 0.05) is 11.7 Å². The number of H-pyrrole nitrogens is 1. The van der Waals surface area contributed by atoms with Gasteiger partial charge in [0.15, 0.2) is 0 Å². The first-order valence-electron chi connectivity index (χ1n) is 4.88. The molecule has 0 saturated heterocycles. The van der Waals surface area contributed by atoms with E-state index in [2.05, 4.69) is 23.2 Å². The Labute approximate surface area is 88.5 Å². The van der Waals surface area contributed by atoms with Crippen LogP contribution < -0.4 is 0 Å². The Morgan fingerprint density at radius 3 is 2.47 bits per heavy atom. The number of aromatic nitrogens is 1. The Bertz CT molecular complexity index is 478. The van der Waals surface area contributed by atoms with Gasteiger partial charge in [-0.3, -0.25) is 0 Å². The molecule has 0 amide bonds. The molecule has 0 fully saturated rings. The van der Waals surface area contributed by atoms with Crippen molar-refractivity contribution in [3.63, 3.8) is 0 Å². The fraction of sp³-hybridized carbons (Fsp3) is 0.0769. The van der Waals surface area contributed by atoms with Crippen molar-refractivity contribution in [1.82, 2.24) is 4.98 Å². The van der Waals surface area contributed by atoms with E-state index >= 15 is 0 Å². The van der Waals surface area contributed by atoms with Gasteiger partial charge in [0.25, 0.3) is 0 Å². The van der Waals surface area contributed by atoms with Crippen molar-refractivity contribution in [2.24, 2.45) is 0 Å². The summed E-state index contributed by atoms with van der Waals surface area (Å²) >= 11 is 0. The van der Waals surface area contributed by atoms with Crippen LogP contribution in [0.2, 0.25) is 0 Å². The molecular weight excluding hydrogens is 186 g/mol. The van der Waals surface area contributed by atoms with Gasteiger partial charge in [-0.25, -0.2) is 0 Å². The highest BCUT2D eigenvalue weighted by atomic mass is 16.3. The highest BCUT2D eigenvalue weighted by Crippen LogP contribution is 2.09. The van der Waals surface area contributed by atoms with Crippen molar-refractivity contribution >= 4 is 10.9 Å². The lowest BCUT2D eigenvalue weighted by atomic mass is 10.3. The number of para-hydroxylation sites is 1. The summed E-state index contributed by atoms with van der Waals surface area (Å²) in [5.74, 6) is 0.968. The summed E-state index contributed by atoms with van der Waals surface area (Å²) in [7, 11) is 0. The minimum atomic E-state index is 0.968. The topological polar surface area (TPSA) is 28.9 Å². The lowest BCUT2D eigenvalue weighted by molar-refractivity contribution is 0.534. The average Bonchev–Trinajstić information content (AvgIpc) is 2.88. The normalized spacial score (nSPS) is 9.67. The molecule has 0 aliphatic carbocycles. The Hall–Kier alpha value is -1.96. The van der Waals surface area contributed by atoms with E-state index in [1.165, 1.54) is 10.9 Å². The third-order valence-corrected chi connectivity index (χ3v) is 2.13. The summed E-state index contributed by atoms with van der Waals surface area (Å²) in [6.07, 6.45) is 3.61. The molecule has 1 N–H and O–H groups in total. The largest absolute Gasteiger partial charge is 0.470 e. The van der Waals surface area contributed by atoms with Crippen LogP contribution in [0.3, 0.4) is 0 Å². The standard InChI is InChI=1S/C8H7N.C5H6O/c1-2-4-8-7(3-1)5-6-9-8;1-5-3-2-4-6-5/h1-6,9H;2-4H,1H3. The highest BCUT2D eigenvalue weighted by molar-refractivity contribution is 5.78. The SMILES string of the molecule is Cc1ccco1.c1ccc2[nH]ccc2c1. The third kappa shape index (κ3) is 2.50. The summed E-state index contributed by atoms with van der Waals surface area (Å²) in [6.45, 7) is 1.92. The lowest BCUT2D eigenvalue weighted by Gasteiger charge is -1.83. The number of furan rings is 1. The Morgan fingerprint density at radius 1 is 1.00 bits per heavy atom. The van der Waals surface area contributed by atoms with Gasteiger partial charge in [-0.1, -0.05) is 18.2 Å². The Morgan fingerprint density at radius 2 is 1.87 bits per heavy atom. The molecule has 2 aromatic heterocycles. The van der Waals surface area contributed by atoms with Crippen LogP contribution in [-0.2, 0) is 0 Å². The second kappa shape index (κ2) is 4.51. The monoisotopic (exact) mass is 199 g/mol. The minimum absolute atomic E-state index is 0.968.